The van der Waals surface area contributed by atoms with E-state index in [2.05, 4.69) is 10.0 Å². The van der Waals surface area contributed by atoms with Crippen LogP contribution in [0, 0.1) is 0 Å². The molecule has 1 aromatic rings. The number of hydrogen-bond acceptors (Lipinski definition) is 3. The normalized spacial score (nSPS) is 17.1. The monoisotopic (exact) mass is 311 g/mol. The molecular weight excluding hydrogens is 286 g/mol. The van der Waals surface area contributed by atoms with Gasteiger partial charge in [-0.25, -0.2) is 0 Å². The summed E-state index contributed by atoms with van der Waals surface area (Å²) in [5.41, 5.74) is 0.963. The largest absolute Gasteiger partial charge is 0.314 e. The standard InChI is InChI=1S/C15H25N3O2S/c1-13(14-7-4-3-5-8-14)17-21(19,20)18(2)12-6-11-16-15-9-10-15/h3-5,7-8,13,15-17H,6,9-12H2,1-2H3. The molecule has 1 aliphatic rings. The van der Waals surface area contributed by atoms with Crippen LogP contribution in [0.5, 0.6) is 0 Å². The van der Waals surface area contributed by atoms with E-state index in [-0.39, 0.29) is 6.04 Å². The van der Waals surface area contributed by atoms with Crippen LogP contribution in [0.2, 0.25) is 0 Å². The second-order valence-corrected chi connectivity index (χ2v) is 7.47. The van der Waals surface area contributed by atoms with Crippen molar-refractivity contribution in [1.82, 2.24) is 14.3 Å². The van der Waals surface area contributed by atoms with Gasteiger partial charge < -0.3 is 5.32 Å². The first-order chi connectivity index (χ1) is 9.99. The number of benzene rings is 1. The fourth-order valence-corrected chi connectivity index (χ4v) is 3.27. The van der Waals surface area contributed by atoms with Crippen molar-refractivity contribution in [2.75, 3.05) is 20.1 Å². The fourth-order valence-electron chi connectivity index (χ4n) is 2.14. The van der Waals surface area contributed by atoms with Crippen LogP contribution in [0.4, 0.5) is 0 Å². The molecule has 1 saturated carbocycles. The lowest BCUT2D eigenvalue weighted by Gasteiger charge is -2.21. The van der Waals surface area contributed by atoms with E-state index in [0.717, 1.165) is 18.5 Å². The molecule has 21 heavy (non-hydrogen) atoms. The van der Waals surface area contributed by atoms with Crippen LogP contribution in [-0.2, 0) is 10.2 Å². The molecule has 5 nitrogen and oxygen atoms in total. The summed E-state index contributed by atoms with van der Waals surface area (Å²) in [7, 11) is -1.82. The van der Waals surface area contributed by atoms with E-state index in [1.165, 1.54) is 17.1 Å². The molecule has 1 atom stereocenters. The zero-order chi connectivity index (χ0) is 15.3. The van der Waals surface area contributed by atoms with Gasteiger partial charge in [0.15, 0.2) is 0 Å². The Kier molecular flexibility index (Phi) is 5.75. The van der Waals surface area contributed by atoms with Crippen molar-refractivity contribution in [1.29, 1.82) is 0 Å². The summed E-state index contributed by atoms with van der Waals surface area (Å²) >= 11 is 0. The summed E-state index contributed by atoms with van der Waals surface area (Å²) < 4.78 is 28.6. The Bertz CT molecular complexity index is 529. The summed E-state index contributed by atoms with van der Waals surface area (Å²) in [6.07, 6.45) is 3.34. The molecule has 0 aromatic heterocycles. The Morgan fingerprint density at radius 2 is 1.95 bits per heavy atom. The van der Waals surface area contributed by atoms with Crippen molar-refractivity contribution in [3.05, 3.63) is 35.9 Å². The minimum atomic E-state index is -3.44. The highest BCUT2D eigenvalue weighted by Crippen LogP contribution is 2.18. The van der Waals surface area contributed by atoms with Gasteiger partial charge >= 0.3 is 0 Å². The van der Waals surface area contributed by atoms with Crippen molar-refractivity contribution >= 4 is 10.2 Å². The Morgan fingerprint density at radius 1 is 1.29 bits per heavy atom. The average molecular weight is 311 g/mol. The molecule has 2 rings (SSSR count). The minimum absolute atomic E-state index is 0.233. The first-order valence-corrected chi connectivity index (χ1v) is 8.95. The van der Waals surface area contributed by atoms with Crippen LogP contribution in [0.15, 0.2) is 30.3 Å². The van der Waals surface area contributed by atoms with Gasteiger partial charge in [0.25, 0.3) is 10.2 Å². The highest BCUT2D eigenvalue weighted by molar-refractivity contribution is 7.87. The summed E-state index contributed by atoms with van der Waals surface area (Å²) in [6, 6.07) is 10.0. The third kappa shape index (κ3) is 5.39. The molecule has 2 N–H and O–H groups in total. The first kappa shape index (κ1) is 16.4. The van der Waals surface area contributed by atoms with E-state index in [0.29, 0.717) is 12.6 Å². The molecule has 0 radical (unpaired) electrons. The Balaban J connectivity index is 1.78. The number of nitrogens with zero attached hydrogens (tertiary/aromatic N) is 1. The van der Waals surface area contributed by atoms with Crippen LogP contribution in [0.1, 0.15) is 37.8 Å². The van der Waals surface area contributed by atoms with Crippen LogP contribution in [-0.4, -0.2) is 38.9 Å². The van der Waals surface area contributed by atoms with Gasteiger partial charge in [-0.15, -0.1) is 0 Å². The molecule has 0 saturated heterocycles. The van der Waals surface area contributed by atoms with E-state index >= 15 is 0 Å². The minimum Gasteiger partial charge on any atom is -0.314 e. The Hall–Kier alpha value is -0.950. The van der Waals surface area contributed by atoms with Crippen LogP contribution < -0.4 is 10.0 Å². The van der Waals surface area contributed by atoms with Crippen LogP contribution in [0.25, 0.3) is 0 Å². The molecule has 1 aromatic carbocycles. The van der Waals surface area contributed by atoms with Crippen molar-refractivity contribution in [2.45, 2.75) is 38.3 Å². The number of nitrogens with one attached hydrogen (secondary N) is 2. The van der Waals surface area contributed by atoms with Crippen LogP contribution in [0.3, 0.4) is 0 Å². The average Bonchev–Trinajstić information content (AvgIpc) is 3.28. The molecule has 0 heterocycles. The highest BCUT2D eigenvalue weighted by Gasteiger charge is 2.22. The lowest BCUT2D eigenvalue weighted by atomic mass is 10.1. The lowest BCUT2D eigenvalue weighted by molar-refractivity contribution is 0.438. The van der Waals surface area contributed by atoms with E-state index in [1.54, 1.807) is 7.05 Å². The van der Waals surface area contributed by atoms with E-state index in [1.807, 2.05) is 37.3 Å². The van der Waals surface area contributed by atoms with Crippen molar-refractivity contribution in [3.63, 3.8) is 0 Å². The summed E-state index contributed by atoms with van der Waals surface area (Å²) in [4.78, 5) is 0. The van der Waals surface area contributed by atoms with Gasteiger partial charge in [-0.05, 0) is 38.3 Å². The van der Waals surface area contributed by atoms with Gasteiger partial charge in [0, 0.05) is 25.7 Å². The van der Waals surface area contributed by atoms with Gasteiger partial charge in [0.1, 0.15) is 0 Å². The molecule has 1 aliphatic carbocycles. The third-order valence-corrected chi connectivity index (χ3v) is 5.35. The molecule has 118 valence electrons. The maximum Gasteiger partial charge on any atom is 0.279 e. The van der Waals surface area contributed by atoms with Gasteiger partial charge in [-0.1, -0.05) is 30.3 Å². The van der Waals surface area contributed by atoms with E-state index < -0.39 is 10.2 Å². The summed E-state index contributed by atoms with van der Waals surface area (Å²) in [6.45, 7) is 3.25. The molecule has 1 fully saturated rings. The zero-order valence-electron chi connectivity index (χ0n) is 12.7. The summed E-state index contributed by atoms with van der Waals surface area (Å²) in [5, 5.41) is 3.39. The van der Waals surface area contributed by atoms with Crippen molar-refractivity contribution < 1.29 is 8.42 Å². The van der Waals surface area contributed by atoms with Crippen molar-refractivity contribution in [2.24, 2.45) is 0 Å². The molecule has 1 unspecified atom stereocenters. The zero-order valence-corrected chi connectivity index (χ0v) is 13.6. The second kappa shape index (κ2) is 7.35. The topological polar surface area (TPSA) is 61.4 Å². The van der Waals surface area contributed by atoms with Gasteiger partial charge in [-0.3, -0.25) is 0 Å². The molecular formula is C15H25N3O2S. The smallest absolute Gasteiger partial charge is 0.279 e. The van der Waals surface area contributed by atoms with E-state index in [9.17, 15) is 8.42 Å². The van der Waals surface area contributed by atoms with Gasteiger partial charge in [0.05, 0.1) is 0 Å². The Labute approximate surface area is 127 Å². The third-order valence-electron chi connectivity index (χ3n) is 3.70. The molecule has 0 aliphatic heterocycles. The lowest BCUT2D eigenvalue weighted by Crippen LogP contribution is -2.40. The summed E-state index contributed by atoms with van der Waals surface area (Å²) in [5.74, 6) is 0. The first-order valence-electron chi connectivity index (χ1n) is 7.51. The predicted molar refractivity (Wildman–Crippen MR) is 85.2 cm³/mol. The highest BCUT2D eigenvalue weighted by atomic mass is 32.2. The Morgan fingerprint density at radius 3 is 2.57 bits per heavy atom. The maximum atomic E-state index is 12.2. The van der Waals surface area contributed by atoms with E-state index in [4.69, 9.17) is 0 Å². The number of hydrogen-bond donors (Lipinski definition) is 2. The number of rotatable bonds is 9. The van der Waals surface area contributed by atoms with Gasteiger partial charge in [0.2, 0.25) is 0 Å². The second-order valence-electron chi connectivity index (χ2n) is 5.66. The molecule has 6 heteroatoms. The SMILES string of the molecule is CC(NS(=O)(=O)N(C)CCCNC1CC1)c1ccccc1. The van der Waals surface area contributed by atoms with Gasteiger partial charge in [-0.2, -0.15) is 17.4 Å². The predicted octanol–water partition coefficient (Wildman–Crippen LogP) is 1.66. The fraction of sp³-hybridized carbons (Fsp3) is 0.600. The quantitative estimate of drug-likeness (QED) is 0.682. The van der Waals surface area contributed by atoms with Crippen molar-refractivity contribution in [3.8, 4) is 0 Å². The molecule has 0 bridgehead atoms. The van der Waals surface area contributed by atoms with Crippen LogP contribution >= 0.6 is 0 Å². The molecule has 0 spiro atoms. The molecule has 0 amide bonds. The maximum absolute atomic E-state index is 12.2.